The summed E-state index contributed by atoms with van der Waals surface area (Å²) in [5, 5.41) is 0. The number of ether oxygens (including phenoxy) is 2. The monoisotopic (exact) mass is 590 g/mol. The van der Waals surface area contributed by atoms with Crippen molar-refractivity contribution in [2.75, 3.05) is 7.11 Å². The molecule has 0 aliphatic heterocycles. The molecule has 216 valence electrons. The van der Waals surface area contributed by atoms with E-state index in [1.807, 2.05) is 0 Å². The molecule has 1 unspecified atom stereocenters. The van der Waals surface area contributed by atoms with E-state index in [2.05, 4.69) is 9.97 Å². The standard InChI is InChI=1S/C31H18F4N2O6/c1-40-31(39)30(22-14-42-26-5-3-24(37-29(22)26)16-8-20(34)12-21(35)9-16)43-27(38)10-17-13-41-25-4-2-23(36-28(17)25)15-6-18(32)11-19(33)7-15/h2-9,11-14,30H,10H2,1H3. The highest BCUT2D eigenvalue weighted by Gasteiger charge is 2.31. The smallest absolute Gasteiger partial charge is 0.352 e. The molecule has 0 radical (unpaired) electrons. The van der Waals surface area contributed by atoms with Crippen molar-refractivity contribution >= 4 is 34.1 Å². The number of rotatable bonds is 7. The molecule has 6 aromatic rings. The number of aromatic nitrogens is 2. The number of hydrogen-bond donors (Lipinski definition) is 0. The lowest BCUT2D eigenvalue weighted by atomic mass is 10.1. The number of hydrogen-bond acceptors (Lipinski definition) is 8. The second kappa shape index (κ2) is 11.0. The predicted octanol–water partition coefficient (Wildman–Crippen LogP) is 6.86. The Kier molecular flexibility index (Phi) is 7.10. The normalized spacial score (nSPS) is 12.0. The van der Waals surface area contributed by atoms with Gasteiger partial charge in [-0.2, -0.15) is 0 Å². The van der Waals surface area contributed by atoms with Gasteiger partial charge in [-0.05, 0) is 48.5 Å². The van der Waals surface area contributed by atoms with Crippen molar-refractivity contribution in [1.82, 2.24) is 9.97 Å². The Bertz CT molecular complexity index is 2000. The zero-order valence-corrected chi connectivity index (χ0v) is 22.1. The van der Waals surface area contributed by atoms with Crippen molar-refractivity contribution in [2.24, 2.45) is 0 Å². The molecule has 0 saturated heterocycles. The minimum Gasteiger partial charge on any atom is -0.466 e. The van der Waals surface area contributed by atoms with Crippen molar-refractivity contribution in [3.63, 3.8) is 0 Å². The van der Waals surface area contributed by atoms with E-state index in [-0.39, 0.29) is 50.3 Å². The summed E-state index contributed by atoms with van der Waals surface area (Å²) in [4.78, 5) is 34.6. The quantitative estimate of drug-likeness (QED) is 0.147. The molecule has 0 amide bonds. The second-order valence-corrected chi connectivity index (χ2v) is 9.42. The van der Waals surface area contributed by atoms with Crippen molar-refractivity contribution in [3.05, 3.63) is 108 Å². The van der Waals surface area contributed by atoms with Crippen molar-refractivity contribution < 1.29 is 45.5 Å². The summed E-state index contributed by atoms with van der Waals surface area (Å²) in [7, 11) is 1.10. The minimum absolute atomic E-state index is 0.0412. The van der Waals surface area contributed by atoms with Gasteiger partial charge in [0, 0.05) is 28.8 Å². The molecule has 0 N–H and O–H groups in total. The van der Waals surface area contributed by atoms with Crippen LogP contribution >= 0.6 is 0 Å². The van der Waals surface area contributed by atoms with E-state index < -0.39 is 47.7 Å². The molecule has 0 aliphatic carbocycles. The van der Waals surface area contributed by atoms with E-state index in [0.717, 1.165) is 43.5 Å². The minimum atomic E-state index is -1.61. The van der Waals surface area contributed by atoms with Gasteiger partial charge in [-0.1, -0.05) is 0 Å². The van der Waals surface area contributed by atoms with Crippen molar-refractivity contribution in [1.29, 1.82) is 0 Å². The number of methoxy groups -OCH3 is 1. The highest BCUT2D eigenvalue weighted by atomic mass is 19.1. The maximum absolute atomic E-state index is 13.8. The average Bonchev–Trinajstić information content (AvgIpc) is 3.58. The van der Waals surface area contributed by atoms with Crippen LogP contribution in [0.4, 0.5) is 17.6 Å². The van der Waals surface area contributed by atoms with Crippen LogP contribution in [0.5, 0.6) is 0 Å². The van der Waals surface area contributed by atoms with Crippen LogP contribution in [0.2, 0.25) is 0 Å². The van der Waals surface area contributed by atoms with E-state index in [1.165, 1.54) is 36.8 Å². The summed E-state index contributed by atoms with van der Waals surface area (Å²) < 4.78 is 76.5. The number of benzene rings is 2. The van der Waals surface area contributed by atoms with Crippen LogP contribution in [0.15, 0.2) is 82.0 Å². The summed E-state index contributed by atoms with van der Waals surface area (Å²) in [6.45, 7) is 0. The molecule has 0 saturated carbocycles. The molecule has 0 spiro atoms. The fourth-order valence-corrected chi connectivity index (χ4v) is 4.60. The Hall–Kier alpha value is -5.52. The molecular weight excluding hydrogens is 572 g/mol. The van der Waals surface area contributed by atoms with Crippen molar-refractivity contribution in [2.45, 2.75) is 12.5 Å². The maximum Gasteiger partial charge on any atom is 0.352 e. The van der Waals surface area contributed by atoms with E-state index >= 15 is 0 Å². The Labute approximate surface area is 239 Å². The average molecular weight is 590 g/mol. The summed E-state index contributed by atoms with van der Waals surface area (Å²) >= 11 is 0. The molecule has 0 bridgehead atoms. The zero-order chi connectivity index (χ0) is 30.2. The third-order valence-electron chi connectivity index (χ3n) is 6.53. The first-order valence-corrected chi connectivity index (χ1v) is 12.6. The summed E-state index contributed by atoms with van der Waals surface area (Å²) in [5.41, 5.74) is 1.92. The summed E-state index contributed by atoms with van der Waals surface area (Å²) in [6, 6.07) is 11.9. The molecule has 4 heterocycles. The van der Waals surface area contributed by atoms with Crippen LogP contribution in [-0.2, 0) is 25.5 Å². The van der Waals surface area contributed by atoms with Crippen LogP contribution in [0.1, 0.15) is 17.2 Å². The topological polar surface area (TPSA) is 105 Å². The first-order chi connectivity index (χ1) is 20.7. The van der Waals surface area contributed by atoms with Gasteiger partial charge < -0.3 is 18.3 Å². The number of carbonyl (C=O) groups is 2. The summed E-state index contributed by atoms with van der Waals surface area (Å²) in [5.74, 6) is -4.98. The first kappa shape index (κ1) is 27.6. The molecule has 43 heavy (non-hydrogen) atoms. The Balaban J connectivity index is 1.30. The molecule has 12 heteroatoms. The summed E-state index contributed by atoms with van der Waals surface area (Å²) in [6.07, 6.45) is 0.441. The lowest BCUT2D eigenvalue weighted by Crippen LogP contribution is -2.22. The molecule has 2 aromatic carbocycles. The molecule has 8 nitrogen and oxygen atoms in total. The van der Waals surface area contributed by atoms with Crippen LogP contribution in [0.3, 0.4) is 0 Å². The molecular formula is C31H18F4N2O6. The second-order valence-electron chi connectivity index (χ2n) is 9.42. The third-order valence-corrected chi connectivity index (χ3v) is 6.53. The molecule has 0 fully saturated rings. The Morgan fingerprint density at radius 3 is 1.81 bits per heavy atom. The number of pyridine rings is 2. The van der Waals surface area contributed by atoms with Gasteiger partial charge in [0.25, 0.3) is 0 Å². The fourth-order valence-electron chi connectivity index (χ4n) is 4.60. The van der Waals surface area contributed by atoms with Crippen LogP contribution in [-0.4, -0.2) is 29.0 Å². The van der Waals surface area contributed by atoms with E-state index in [1.54, 1.807) is 0 Å². The van der Waals surface area contributed by atoms with Gasteiger partial charge in [0.2, 0.25) is 6.10 Å². The van der Waals surface area contributed by atoms with Gasteiger partial charge in [0.1, 0.15) is 40.6 Å². The van der Waals surface area contributed by atoms with Gasteiger partial charge in [-0.15, -0.1) is 0 Å². The highest BCUT2D eigenvalue weighted by Crippen LogP contribution is 2.32. The molecule has 1 atom stereocenters. The van der Waals surface area contributed by atoms with Crippen molar-refractivity contribution in [3.8, 4) is 22.5 Å². The molecule has 4 aromatic heterocycles. The number of halogens is 4. The fraction of sp³-hybridized carbons (Fsp3) is 0.0968. The van der Waals surface area contributed by atoms with Gasteiger partial charge in [0.15, 0.2) is 11.2 Å². The molecule has 0 aliphatic rings. The van der Waals surface area contributed by atoms with Gasteiger partial charge >= 0.3 is 11.9 Å². The van der Waals surface area contributed by atoms with Crippen LogP contribution in [0.25, 0.3) is 44.7 Å². The SMILES string of the molecule is COC(=O)C(OC(=O)Cc1coc2ccc(-c3cc(F)cc(F)c3)nc12)c1coc2ccc(-c3cc(F)cc(F)c3)nc12. The largest absolute Gasteiger partial charge is 0.466 e. The Morgan fingerprint density at radius 1 is 0.744 bits per heavy atom. The highest BCUT2D eigenvalue weighted by molar-refractivity contribution is 5.90. The molecule has 6 rings (SSSR count). The third kappa shape index (κ3) is 5.54. The van der Waals surface area contributed by atoms with Gasteiger partial charge in [-0.25, -0.2) is 32.3 Å². The lowest BCUT2D eigenvalue weighted by molar-refractivity contribution is -0.166. The first-order valence-electron chi connectivity index (χ1n) is 12.6. The number of esters is 2. The lowest BCUT2D eigenvalue weighted by Gasteiger charge is -2.14. The maximum atomic E-state index is 13.8. The number of nitrogens with zero attached hydrogens (tertiary/aromatic N) is 2. The number of fused-ring (bicyclic) bond motifs is 2. The number of furan rings is 2. The Morgan fingerprint density at radius 2 is 1.26 bits per heavy atom. The van der Waals surface area contributed by atoms with E-state index in [9.17, 15) is 27.2 Å². The van der Waals surface area contributed by atoms with Crippen LogP contribution in [0, 0.1) is 23.3 Å². The predicted molar refractivity (Wildman–Crippen MR) is 143 cm³/mol. The zero-order valence-electron chi connectivity index (χ0n) is 22.1. The van der Waals surface area contributed by atoms with E-state index in [0.29, 0.717) is 5.58 Å². The van der Waals surface area contributed by atoms with Gasteiger partial charge in [0.05, 0.1) is 36.7 Å². The van der Waals surface area contributed by atoms with Gasteiger partial charge in [-0.3, -0.25) is 4.79 Å². The number of carbonyl (C=O) groups excluding carboxylic acids is 2. The van der Waals surface area contributed by atoms with E-state index in [4.69, 9.17) is 18.3 Å². The van der Waals surface area contributed by atoms with Crippen LogP contribution < -0.4 is 0 Å².